The summed E-state index contributed by atoms with van der Waals surface area (Å²) in [7, 11) is 0. The molecule has 1 aliphatic carbocycles. The fourth-order valence-electron chi connectivity index (χ4n) is 3.84. The molecule has 1 fully saturated rings. The summed E-state index contributed by atoms with van der Waals surface area (Å²) in [6.07, 6.45) is 5.25. The van der Waals surface area contributed by atoms with Crippen LogP contribution in [0.25, 0.3) is 22.5 Å². The minimum atomic E-state index is 0.118. The number of hydrogen-bond acceptors (Lipinski definition) is 3. The van der Waals surface area contributed by atoms with Crippen molar-refractivity contribution in [2.24, 2.45) is 0 Å². The molecule has 5 nitrogen and oxygen atoms in total. The molecule has 1 aromatic heterocycles. The van der Waals surface area contributed by atoms with E-state index in [1.165, 1.54) is 0 Å². The third kappa shape index (κ3) is 3.94. The average Bonchev–Trinajstić information content (AvgIpc) is 3.38. The maximum absolute atomic E-state index is 11.7. The molecule has 1 N–H and O–H groups in total. The van der Waals surface area contributed by atoms with Gasteiger partial charge in [-0.1, -0.05) is 54.9 Å². The zero-order valence-corrected chi connectivity index (χ0v) is 16.6. The Hall–Kier alpha value is -2.66. The molecule has 0 spiro atoms. The van der Waals surface area contributed by atoms with Gasteiger partial charge >= 0.3 is 0 Å². The molecule has 144 valence electrons. The van der Waals surface area contributed by atoms with Crippen LogP contribution in [0.5, 0.6) is 0 Å². The van der Waals surface area contributed by atoms with Gasteiger partial charge in [0.1, 0.15) is 6.33 Å². The number of nitrogens with zero attached hydrogens (tertiary/aromatic N) is 3. The zero-order chi connectivity index (χ0) is 19.5. The van der Waals surface area contributed by atoms with E-state index in [0.29, 0.717) is 12.5 Å². The molecule has 0 bridgehead atoms. The summed E-state index contributed by atoms with van der Waals surface area (Å²) < 4.78 is 2.15. The van der Waals surface area contributed by atoms with Crippen molar-refractivity contribution in [1.29, 1.82) is 0 Å². The van der Waals surface area contributed by atoms with Gasteiger partial charge in [0.15, 0.2) is 5.82 Å². The number of amides is 1. The molecular weight excluding hydrogens is 372 g/mol. The molecule has 4 rings (SSSR count). The largest absolute Gasteiger partial charge is 0.353 e. The number of halogens is 1. The summed E-state index contributed by atoms with van der Waals surface area (Å²) in [6.45, 7) is 1.88. The quantitative estimate of drug-likeness (QED) is 0.670. The molecule has 3 aromatic rings. The van der Waals surface area contributed by atoms with Gasteiger partial charge in [-0.3, -0.25) is 4.79 Å². The van der Waals surface area contributed by atoms with Crippen molar-refractivity contribution in [2.75, 3.05) is 0 Å². The summed E-state index contributed by atoms with van der Waals surface area (Å²) in [4.78, 5) is 11.7. The van der Waals surface area contributed by atoms with Crippen molar-refractivity contribution in [3.05, 3.63) is 59.9 Å². The van der Waals surface area contributed by atoms with Crippen LogP contribution in [-0.4, -0.2) is 26.7 Å². The highest BCUT2D eigenvalue weighted by Gasteiger charge is 2.28. The second-order valence-corrected chi connectivity index (χ2v) is 7.67. The Morgan fingerprint density at radius 2 is 1.71 bits per heavy atom. The van der Waals surface area contributed by atoms with Crippen molar-refractivity contribution >= 4 is 17.5 Å². The van der Waals surface area contributed by atoms with Gasteiger partial charge in [-0.2, -0.15) is 0 Å². The van der Waals surface area contributed by atoms with Crippen LogP contribution < -0.4 is 5.32 Å². The van der Waals surface area contributed by atoms with Crippen LogP contribution in [0.15, 0.2) is 54.9 Å². The highest BCUT2D eigenvalue weighted by atomic mass is 35.5. The van der Waals surface area contributed by atoms with E-state index in [1.807, 2.05) is 31.2 Å². The van der Waals surface area contributed by atoms with Crippen LogP contribution in [-0.2, 0) is 4.79 Å². The first-order chi connectivity index (χ1) is 13.6. The average molecular weight is 395 g/mol. The summed E-state index contributed by atoms with van der Waals surface area (Å²) in [6, 6.07) is 16.7. The van der Waals surface area contributed by atoms with Gasteiger partial charge in [0, 0.05) is 29.1 Å². The highest BCUT2D eigenvalue weighted by Crippen LogP contribution is 2.33. The fourth-order valence-corrected chi connectivity index (χ4v) is 3.97. The summed E-state index contributed by atoms with van der Waals surface area (Å²) in [5, 5.41) is 12.3. The van der Waals surface area contributed by atoms with Gasteiger partial charge in [0.2, 0.25) is 5.91 Å². The SMILES string of the molecule is CCC(=O)N[C@H]1CC[C@@H](n2cnnc2-c2ccc(-c3ccc(Cl)cc3)cc2)C1. The molecule has 1 saturated carbocycles. The molecule has 0 aliphatic heterocycles. The third-order valence-electron chi connectivity index (χ3n) is 5.38. The number of hydrogen-bond donors (Lipinski definition) is 1. The molecule has 1 heterocycles. The van der Waals surface area contributed by atoms with E-state index in [2.05, 4.69) is 44.3 Å². The molecule has 0 radical (unpaired) electrons. The first-order valence-corrected chi connectivity index (χ1v) is 10.1. The standard InChI is InChI=1S/C22H23ClN4O/c1-2-21(28)25-19-11-12-20(13-19)27-14-24-26-22(27)17-5-3-15(4-6-17)16-7-9-18(23)10-8-16/h3-10,14,19-20H,2,11-13H2,1H3,(H,25,28)/t19-,20+/m0/s1. The van der Waals surface area contributed by atoms with Crippen LogP contribution in [0.3, 0.4) is 0 Å². The maximum Gasteiger partial charge on any atom is 0.219 e. The monoisotopic (exact) mass is 394 g/mol. The van der Waals surface area contributed by atoms with E-state index < -0.39 is 0 Å². The summed E-state index contributed by atoms with van der Waals surface area (Å²) >= 11 is 5.98. The van der Waals surface area contributed by atoms with Crippen LogP contribution >= 0.6 is 11.6 Å². The van der Waals surface area contributed by atoms with E-state index in [1.54, 1.807) is 6.33 Å². The second-order valence-electron chi connectivity index (χ2n) is 7.23. The molecule has 1 amide bonds. The zero-order valence-electron chi connectivity index (χ0n) is 15.8. The van der Waals surface area contributed by atoms with Crippen LogP contribution in [0.1, 0.15) is 38.6 Å². The Bertz CT molecular complexity index is 949. The third-order valence-corrected chi connectivity index (χ3v) is 5.63. The lowest BCUT2D eigenvalue weighted by atomic mass is 10.0. The molecular formula is C22H23ClN4O. The Labute approximate surface area is 169 Å². The predicted molar refractivity (Wildman–Crippen MR) is 111 cm³/mol. The first kappa shape index (κ1) is 18.7. The van der Waals surface area contributed by atoms with Gasteiger partial charge in [-0.15, -0.1) is 10.2 Å². The molecule has 0 saturated heterocycles. The number of benzene rings is 2. The Morgan fingerprint density at radius 3 is 2.39 bits per heavy atom. The normalized spacial score (nSPS) is 18.9. The lowest BCUT2D eigenvalue weighted by Crippen LogP contribution is -2.32. The van der Waals surface area contributed by atoms with Crippen molar-refractivity contribution in [3.8, 4) is 22.5 Å². The van der Waals surface area contributed by atoms with Crippen LogP contribution in [0.2, 0.25) is 5.02 Å². The maximum atomic E-state index is 11.7. The van der Waals surface area contributed by atoms with Gasteiger partial charge in [0.25, 0.3) is 0 Å². The van der Waals surface area contributed by atoms with E-state index in [-0.39, 0.29) is 11.9 Å². The number of rotatable bonds is 5. The lowest BCUT2D eigenvalue weighted by Gasteiger charge is -2.16. The molecule has 0 unspecified atom stereocenters. The van der Waals surface area contributed by atoms with Crippen LogP contribution in [0.4, 0.5) is 0 Å². The molecule has 2 atom stereocenters. The topological polar surface area (TPSA) is 59.8 Å². The molecule has 1 aliphatic rings. The van der Waals surface area contributed by atoms with Crippen molar-refractivity contribution in [3.63, 3.8) is 0 Å². The van der Waals surface area contributed by atoms with Gasteiger partial charge in [-0.25, -0.2) is 0 Å². The van der Waals surface area contributed by atoms with E-state index in [4.69, 9.17) is 11.6 Å². The minimum Gasteiger partial charge on any atom is -0.353 e. The number of nitrogens with one attached hydrogen (secondary N) is 1. The van der Waals surface area contributed by atoms with Gasteiger partial charge in [-0.05, 0) is 42.5 Å². The molecule has 2 aromatic carbocycles. The van der Waals surface area contributed by atoms with Crippen molar-refractivity contribution < 1.29 is 4.79 Å². The molecule has 28 heavy (non-hydrogen) atoms. The van der Waals surface area contributed by atoms with E-state index in [0.717, 1.165) is 46.8 Å². The number of aromatic nitrogens is 3. The minimum absolute atomic E-state index is 0.118. The second kappa shape index (κ2) is 8.15. The van der Waals surface area contributed by atoms with Gasteiger partial charge in [0.05, 0.1) is 0 Å². The summed E-state index contributed by atoms with van der Waals surface area (Å²) in [5.74, 6) is 0.988. The smallest absolute Gasteiger partial charge is 0.219 e. The Kier molecular flexibility index (Phi) is 5.44. The van der Waals surface area contributed by atoms with E-state index in [9.17, 15) is 4.79 Å². The lowest BCUT2D eigenvalue weighted by molar-refractivity contribution is -0.121. The summed E-state index contributed by atoms with van der Waals surface area (Å²) in [5.41, 5.74) is 3.30. The van der Waals surface area contributed by atoms with Crippen molar-refractivity contribution in [1.82, 2.24) is 20.1 Å². The Morgan fingerprint density at radius 1 is 1.07 bits per heavy atom. The number of carbonyl (C=O) groups excluding carboxylic acids is 1. The predicted octanol–water partition coefficient (Wildman–Crippen LogP) is 4.89. The van der Waals surface area contributed by atoms with E-state index >= 15 is 0 Å². The van der Waals surface area contributed by atoms with Gasteiger partial charge < -0.3 is 9.88 Å². The van der Waals surface area contributed by atoms with Crippen LogP contribution in [0, 0.1) is 0 Å². The first-order valence-electron chi connectivity index (χ1n) is 9.69. The Balaban J connectivity index is 1.51. The number of carbonyl (C=O) groups is 1. The highest BCUT2D eigenvalue weighted by molar-refractivity contribution is 6.30. The molecule has 6 heteroatoms. The van der Waals surface area contributed by atoms with Crippen molar-refractivity contribution in [2.45, 2.75) is 44.7 Å². The fraction of sp³-hybridized carbons (Fsp3) is 0.318.